The molecule has 2 aromatic heterocycles. The van der Waals surface area contributed by atoms with Crippen LogP contribution in [0.15, 0.2) is 51.7 Å². The highest BCUT2D eigenvalue weighted by Gasteiger charge is 2.21. The maximum atomic E-state index is 13.3. The third kappa shape index (κ3) is 3.00. The number of carbonyl (C=O) groups is 1. The van der Waals surface area contributed by atoms with E-state index in [1.54, 1.807) is 0 Å². The quantitative estimate of drug-likeness (QED) is 0.551. The number of aromatic nitrogens is 2. The molecule has 2 heterocycles. The van der Waals surface area contributed by atoms with Gasteiger partial charge in [0.1, 0.15) is 28.5 Å². The van der Waals surface area contributed by atoms with Crippen molar-refractivity contribution in [2.24, 2.45) is 7.05 Å². The molecule has 28 heavy (non-hydrogen) atoms. The number of imidazole rings is 1. The Balaban J connectivity index is 1.97. The van der Waals surface area contributed by atoms with E-state index in [4.69, 9.17) is 9.52 Å². The average Bonchev–Trinajstić information content (AvgIpc) is 2.98. The topological polar surface area (TPSA) is 106 Å². The fourth-order valence-electron chi connectivity index (χ4n) is 3.40. The molecule has 0 saturated heterocycles. The molecule has 142 valence electrons. The highest BCUT2D eigenvalue weighted by Crippen LogP contribution is 2.29. The maximum absolute atomic E-state index is 13.3. The van der Waals surface area contributed by atoms with Crippen LogP contribution in [0.3, 0.4) is 0 Å². The van der Waals surface area contributed by atoms with Gasteiger partial charge in [-0.15, -0.1) is 0 Å². The van der Waals surface area contributed by atoms with Gasteiger partial charge in [0.15, 0.2) is 0 Å². The molecule has 0 radical (unpaired) electrons. The third-order valence-electron chi connectivity index (χ3n) is 4.75. The minimum Gasteiger partial charge on any atom is -0.508 e. The van der Waals surface area contributed by atoms with Crippen LogP contribution in [0, 0.1) is 0 Å². The van der Waals surface area contributed by atoms with Crippen molar-refractivity contribution in [1.82, 2.24) is 9.55 Å². The monoisotopic (exact) mass is 378 g/mol. The Morgan fingerprint density at radius 1 is 1.21 bits per heavy atom. The Morgan fingerprint density at radius 3 is 2.75 bits per heavy atom. The summed E-state index contributed by atoms with van der Waals surface area (Å²) in [7, 11) is 1.83. The number of aromatic hydroxyl groups is 1. The number of rotatable bonds is 5. The van der Waals surface area contributed by atoms with Crippen LogP contribution in [0.5, 0.6) is 5.75 Å². The van der Waals surface area contributed by atoms with E-state index in [2.05, 4.69) is 4.98 Å². The first-order valence-corrected chi connectivity index (χ1v) is 8.88. The molecule has 0 spiro atoms. The lowest BCUT2D eigenvalue weighted by Crippen LogP contribution is -2.12. The second kappa shape index (κ2) is 6.84. The second-order valence-electron chi connectivity index (χ2n) is 6.64. The Labute approximate surface area is 159 Å². The van der Waals surface area contributed by atoms with E-state index in [0.717, 1.165) is 11.0 Å². The Morgan fingerprint density at radius 2 is 2.00 bits per heavy atom. The first-order valence-electron chi connectivity index (χ1n) is 8.88. The Hall–Kier alpha value is -3.61. The third-order valence-corrected chi connectivity index (χ3v) is 4.75. The summed E-state index contributed by atoms with van der Waals surface area (Å²) in [6.07, 6.45) is 0.551. The summed E-state index contributed by atoms with van der Waals surface area (Å²) in [5.41, 5.74) is 1.95. The molecule has 0 saturated carbocycles. The van der Waals surface area contributed by atoms with E-state index < -0.39 is 5.97 Å². The number of aryl methyl sites for hydroxylation is 2. The minimum atomic E-state index is -0.912. The van der Waals surface area contributed by atoms with E-state index in [9.17, 15) is 14.7 Å². The molecule has 0 aliphatic carbocycles. The number of carboxylic acids is 1. The Bertz CT molecular complexity index is 1270. The fourth-order valence-corrected chi connectivity index (χ4v) is 3.40. The first kappa shape index (κ1) is 17.8. The number of phenolic OH excluding ortho intramolecular Hbond substituents is 1. The normalized spacial score (nSPS) is 11.3. The number of nitrogens with zero attached hydrogens (tertiary/aromatic N) is 2. The van der Waals surface area contributed by atoms with Gasteiger partial charge in [-0.25, -0.2) is 4.98 Å². The standard InChI is InChI=1S/C21H18N2O5/c1-23-15-6-3-2-5-14(15)22-21(23)19-16(7-4-8-18(25)26)28-17-11-12(24)9-10-13(17)20(19)27/h2-3,5-6,9-11,24H,4,7-8H2,1H3,(H,25,26). The van der Waals surface area contributed by atoms with E-state index >= 15 is 0 Å². The average molecular weight is 378 g/mol. The van der Waals surface area contributed by atoms with Crippen LogP contribution in [-0.4, -0.2) is 25.7 Å². The van der Waals surface area contributed by atoms with Gasteiger partial charge in [0, 0.05) is 26.0 Å². The zero-order valence-electron chi connectivity index (χ0n) is 15.2. The van der Waals surface area contributed by atoms with Crippen LogP contribution in [0.1, 0.15) is 18.6 Å². The predicted octanol–water partition coefficient (Wildman–Crippen LogP) is 3.46. The fraction of sp³-hybridized carbons (Fsp3) is 0.190. The molecule has 2 N–H and O–H groups in total. The van der Waals surface area contributed by atoms with E-state index in [1.807, 2.05) is 35.9 Å². The summed E-state index contributed by atoms with van der Waals surface area (Å²) in [6.45, 7) is 0. The number of hydrogen-bond donors (Lipinski definition) is 2. The van der Waals surface area contributed by atoms with Crippen LogP contribution in [-0.2, 0) is 18.3 Å². The number of carboxylic acid groups (broad SMARTS) is 1. The molecule has 0 unspecified atom stereocenters. The van der Waals surface area contributed by atoms with Gasteiger partial charge >= 0.3 is 5.97 Å². The van der Waals surface area contributed by atoms with Crippen molar-refractivity contribution < 1.29 is 19.4 Å². The van der Waals surface area contributed by atoms with Gasteiger partial charge < -0.3 is 19.2 Å². The molecule has 0 aliphatic heterocycles. The van der Waals surface area contributed by atoms with Crippen LogP contribution in [0.2, 0.25) is 0 Å². The van der Waals surface area contributed by atoms with Crippen molar-refractivity contribution in [3.8, 4) is 17.1 Å². The molecule has 0 bridgehead atoms. The molecule has 4 aromatic rings. The van der Waals surface area contributed by atoms with Gasteiger partial charge in [0.05, 0.1) is 16.4 Å². The molecule has 7 heteroatoms. The van der Waals surface area contributed by atoms with Gasteiger partial charge in [0.25, 0.3) is 0 Å². The van der Waals surface area contributed by atoms with Crippen LogP contribution in [0.4, 0.5) is 0 Å². The number of hydrogen-bond acceptors (Lipinski definition) is 5. The molecular formula is C21H18N2O5. The van der Waals surface area contributed by atoms with Gasteiger partial charge in [-0.1, -0.05) is 12.1 Å². The summed E-state index contributed by atoms with van der Waals surface area (Å²) in [6, 6.07) is 11.9. The zero-order chi connectivity index (χ0) is 19.8. The summed E-state index contributed by atoms with van der Waals surface area (Å²) in [4.78, 5) is 28.8. The molecular weight excluding hydrogens is 360 g/mol. The van der Waals surface area contributed by atoms with Crippen molar-refractivity contribution in [3.05, 3.63) is 58.4 Å². The minimum absolute atomic E-state index is 0.0115. The highest BCUT2D eigenvalue weighted by molar-refractivity contribution is 5.86. The van der Waals surface area contributed by atoms with E-state index in [-0.39, 0.29) is 29.6 Å². The smallest absolute Gasteiger partial charge is 0.303 e. The van der Waals surface area contributed by atoms with Crippen LogP contribution >= 0.6 is 0 Å². The lowest BCUT2D eigenvalue weighted by molar-refractivity contribution is -0.137. The molecule has 0 aliphatic rings. The molecule has 0 fully saturated rings. The largest absolute Gasteiger partial charge is 0.508 e. The summed E-state index contributed by atoms with van der Waals surface area (Å²) in [5, 5.41) is 19.0. The summed E-state index contributed by atoms with van der Waals surface area (Å²) in [5.74, 6) is -0.0920. The van der Waals surface area contributed by atoms with E-state index in [1.165, 1.54) is 18.2 Å². The van der Waals surface area contributed by atoms with Crippen molar-refractivity contribution >= 4 is 28.0 Å². The summed E-state index contributed by atoms with van der Waals surface area (Å²) >= 11 is 0. The molecule has 2 aromatic carbocycles. The zero-order valence-corrected chi connectivity index (χ0v) is 15.2. The highest BCUT2D eigenvalue weighted by atomic mass is 16.4. The van der Waals surface area contributed by atoms with Crippen molar-refractivity contribution in [1.29, 1.82) is 0 Å². The van der Waals surface area contributed by atoms with Crippen molar-refractivity contribution in [2.75, 3.05) is 0 Å². The lowest BCUT2D eigenvalue weighted by atomic mass is 10.1. The maximum Gasteiger partial charge on any atom is 0.303 e. The lowest BCUT2D eigenvalue weighted by Gasteiger charge is -2.10. The molecule has 7 nitrogen and oxygen atoms in total. The number of phenols is 1. The molecule has 4 rings (SSSR count). The van der Waals surface area contributed by atoms with Gasteiger partial charge in [-0.2, -0.15) is 0 Å². The first-order chi connectivity index (χ1) is 13.5. The number of para-hydroxylation sites is 2. The predicted molar refractivity (Wildman–Crippen MR) is 104 cm³/mol. The second-order valence-corrected chi connectivity index (χ2v) is 6.64. The van der Waals surface area contributed by atoms with Crippen molar-refractivity contribution in [3.63, 3.8) is 0 Å². The van der Waals surface area contributed by atoms with Gasteiger partial charge in [-0.3, -0.25) is 9.59 Å². The molecule has 0 atom stereocenters. The molecule has 0 amide bonds. The Kier molecular flexibility index (Phi) is 4.35. The summed E-state index contributed by atoms with van der Waals surface area (Å²) < 4.78 is 7.76. The van der Waals surface area contributed by atoms with Crippen LogP contribution in [0.25, 0.3) is 33.4 Å². The van der Waals surface area contributed by atoms with Crippen molar-refractivity contribution in [2.45, 2.75) is 19.3 Å². The van der Waals surface area contributed by atoms with Gasteiger partial charge in [-0.05, 0) is 30.7 Å². The van der Waals surface area contributed by atoms with Crippen LogP contribution < -0.4 is 5.43 Å². The van der Waals surface area contributed by atoms with Gasteiger partial charge in [0.2, 0.25) is 5.43 Å². The SMILES string of the molecule is Cn1c(-c2c(CCCC(=O)O)oc3cc(O)ccc3c2=O)nc2ccccc21. The number of benzene rings is 2. The number of aliphatic carboxylic acids is 1. The van der Waals surface area contributed by atoms with E-state index in [0.29, 0.717) is 29.0 Å². The number of fused-ring (bicyclic) bond motifs is 2.